The van der Waals surface area contributed by atoms with Crippen molar-refractivity contribution in [1.29, 1.82) is 0 Å². The van der Waals surface area contributed by atoms with Crippen LogP contribution >= 0.6 is 0 Å². The van der Waals surface area contributed by atoms with E-state index in [2.05, 4.69) is 23.1 Å². The first-order chi connectivity index (χ1) is 12.2. The lowest BCUT2D eigenvalue weighted by Gasteiger charge is -2.25. The molecule has 0 aliphatic heterocycles. The molecule has 4 rings (SSSR count). The van der Waals surface area contributed by atoms with Gasteiger partial charge in [-0.3, -0.25) is 0 Å². The van der Waals surface area contributed by atoms with Crippen LogP contribution in [-0.4, -0.2) is 16.7 Å². The Hall–Kier alpha value is -2.62. The Morgan fingerprint density at radius 1 is 1.08 bits per heavy atom. The molecule has 4 nitrogen and oxygen atoms in total. The van der Waals surface area contributed by atoms with E-state index in [0.717, 1.165) is 40.5 Å². The SMILES string of the molecule is Cc1cc(-c2noc(-c3ccccc3C)n2)ccc1OCC1CCC1. The molecule has 0 atom stereocenters. The van der Waals surface area contributed by atoms with Crippen molar-refractivity contribution in [2.24, 2.45) is 5.92 Å². The number of hydrogen-bond acceptors (Lipinski definition) is 4. The van der Waals surface area contributed by atoms with Crippen LogP contribution in [0.15, 0.2) is 47.0 Å². The Bertz CT molecular complexity index is 881. The van der Waals surface area contributed by atoms with Crippen LogP contribution in [0.5, 0.6) is 5.75 Å². The molecule has 128 valence electrons. The minimum absolute atomic E-state index is 0.552. The Morgan fingerprint density at radius 2 is 1.92 bits per heavy atom. The summed E-state index contributed by atoms with van der Waals surface area (Å²) in [5, 5.41) is 4.14. The molecule has 1 heterocycles. The molecule has 4 heteroatoms. The van der Waals surface area contributed by atoms with Gasteiger partial charge in [-0.2, -0.15) is 4.98 Å². The van der Waals surface area contributed by atoms with E-state index in [1.807, 2.05) is 43.3 Å². The second-order valence-corrected chi connectivity index (χ2v) is 6.83. The zero-order valence-electron chi connectivity index (χ0n) is 14.7. The number of ether oxygens (including phenoxy) is 1. The quantitative estimate of drug-likeness (QED) is 0.643. The van der Waals surface area contributed by atoms with Crippen molar-refractivity contribution in [2.45, 2.75) is 33.1 Å². The fourth-order valence-electron chi connectivity index (χ4n) is 3.08. The zero-order valence-corrected chi connectivity index (χ0v) is 14.7. The third kappa shape index (κ3) is 3.29. The Kier molecular flexibility index (Phi) is 4.26. The molecule has 1 aliphatic rings. The molecule has 25 heavy (non-hydrogen) atoms. The maximum absolute atomic E-state index is 5.96. The van der Waals surface area contributed by atoms with Crippen molar-refractivity contribution in [3.8, 4) is 28.6 Å². The van der Waals surface area contributed by atoms with E-state index in [1.165, 1.54) is 19.3 Å². The van der Waals surface area contributed by atoms with Crippen LogP contribution < -0.4 is 4.74 Å². The Balaban J connectivity index is 1.54. The van der Waals surface area contributed by atoms with Gasteiger partial charge in [-0.05, 0) is 68.0 Å². The van der Waals surface area contributed by atoms with Crippen LogP contribution in [0.4, 0.5) is 0 Å². The maximum Gasteiger partial charge on any atom is 0.258 e. The predicted molar refractivity (Wildman–Crippen MR) is 97.5 cm³/mol. The number of nitrogens with zero attached hydrogens (tertiary/aromatic N) is 2. The van der Waals surface area contributed by atoms with Gasteiger partial charge in [-0.25, -0.2) is 0 Å². The third-order valence-electron chi connectivity index (χ3n) is 4.93. The normalized spacial score (nSPS) is 14.3. The topological polar surface area (TPSA) is 48.2 Å². The number of aryl methyl sites for hydroxylation is 2. The van der Waals surface area contributed by atoms with Gasteiger partial charge in [0.15, 0.2) is 0 Å². The summed E-state index contributed by atoms with van der Waals surface area (Å²) < 4.78 is 11.4. The highest BCUT2D eigenvalue weighted by atomic mass is 16.5. The second-order valence-electron chi connectivity index (χ2n) is 6.83. The van der Waals surface area contributed by atoms with Crippen molar-refractivity contribution < 1.29 is 9.26 Å². The van der Waals surface area contributed by atoms with Gasteiger partial charge in [0, 0.05) is 11.1 Å². The molecular weight excluding hydrogens is 312 g/mol. The van der Waals surface area contributed by atoms with Gasteiger partial charge in [-0.1, -0.05) is 29.8 Å². The Labute approximate surface area is 147 Å². The molecule has 1 aliphatic carbocycles. The van der Waals surface area contributed by atoms with E-state index in [0.29, 0.717) is 11.7 Å². The summed E-state index contributed by atoms with van der Waals surface area (Å²) in [7, 11) is 0. The van der Waals surface area contributed by atoms with E-state index in [-0.39, 0.29) is 0 Å². The molecular formula is C21H22N2O2. The summed E-state index contributed by atoms with van der Waals surface area (Å²) in [5.74, 6) is 2.83. The molecule has 0 N–H and O–H groups in total. The second kappa shape index (κ2) is 6.71. The number of rotatable bonds is 5. The molecule has 0 unspecified atom stereocenters. The minimum Gasteiger partial charge on any atom is -0.493 e. The highest BCUT2D eigenvalue weighted by Crippen LogP contribution is 2.30. The smallest absolute Gasteiger partial charge is 0.258 e. The number of benzene rings is 2. The summed E-state index contributed by atoms with van der Waals surface area (Å²) >= 11 is 0. The Morgan fingerprint density at radius 3 is 2.64 bits per heavy atom. The molecule has 0 radical (unpaired) electrons. The standard InChI is InChI=1S/C21H22N2O2/c1-14-6-3-4-9-18(14)21-22-20(23-25-21)17-10-11-19(15(2)12-17)24-13-16-7-5-8-16/h3-4,6,9-12,16H,5,7-8,13H2,1-2H3. The van der Waals surface area contributed by atoms with Crippen LogP contribution in [0.3, 0.4) is 0 Å². The van der Waals surface area contributed by atoms with Crippen LogP contribution in [0.2, 0.25) is 0 Å². The molecule has 1 saturated carbocycles. The summed E-state index contributed by atoms with van der Waals surface area (Å²) in [6, 6.07) is 14.1. The van der Waals surface area contributed by atoms with E-state index in [9.17, 15) is 0 Å². The molecule has 2 aromatic carbocycles. The molecule has 0 amide bonds. The zero-order chi connectivity index (χ0) is 17.2. The fourth-order valence-corrected chi connectivity index (χ4v) is 3.08. The summed E-state index contributed by atoms with van der Waals surface area (Å²) in [6.45, 7) is 4.92. The molecule has 0 spiro atoms. The van der Waals surface area contributed by atoms with Gasteiger partial charge >= 0.3 is 0 Å². The van der Waals surface area contributed by atoms with Crippen molar-refractivity contribution in [2.75, 3.05) is 6.61 Å². The summed E-state index contributed by atoms with van der Waals surface area (Å²) in [5.41, 5.74) is 4.13. The third-order valence-corrected chi connectivity index (χ3v) is 4.93. The van der Waals surface area contributed by atoms with Crippen molar-refractivity contribution in [1.82, 2.24) is 10.1 Å². The van der Waals surface area contributed by atoms with Gasteiger partial charge in [0.25, 0.3) is 5.89 Å². The first kappa shape index (κ1) is 15.9. The van der Waals surface area contributed by atoms with Crippen LogP contribution in [0.25, 0.3) is 22.8 Å². The average molecular weight is 334 g/mol. The van der Waals surface area contributed by atoms with Gasteiger partial charge in [-0.15, -0.1) is 0 Å². The molecule has 1 fully saturated rings. The average Bonchev–Trinajstić information content (AvgIpc) is 3.05. The van der Waals surface area contributed by atoms with Crippen LogP contribution in [0.1, 0.15) is 30.4 Å². The summed E-state index contributed by atoms with van der Waals surface area (Å²) in [6.07, 6.45) is 3.93. The molecule has 3 aromatic rings. The monoisotopic (exact) mass is 334 g/mol. The van der Waals surface area contributed by atoms with Gasteiger partial charge in [0.05, 0.1) is 6.61 Å². The molecule has 0 bridgehead atoms. The highest BCUT2D eigenvalue weighted by molar-refractivity contribution is 5.63. The van der Waals surface area contributed by atoms with E-state index in [1.54, 1.807) is 0 Å². The lowest BCUT2D eigenvalue weighted by molar-refractivity contribution is 0.180. The van der Waals surface area contributed by atoms with Gasteiger partial charge < -0.3 is 9.26 Å². The van der Waals surface area contributed by atoms with Crippen LogP contribution in [-0.2, 0) is 0 Å². The lowest BCUT2D eigenvalue weighted by Crippen LogP contribution is -2.19. The van der Waals surface area contributed by atoms with Gasteiger partial charge in [0.1, 0.15) is 5.75 Å². The van der Waals surface area contributed by atoms with E-state index < -0.39 is 0 Å². The van der Waals surface area contributed by atoms with E-state index >= 15 is 0 Å². The highest BCUT2D eigenvalue weighted by Gasteiger charge is 2.18. The van der Waals surface area contributed by atoms with E-state index in [4.69, 9.17) is 9.26 Å². The summed E-state index contributed by atoms with van der Waals surface area (Å²) in [4.78, 5) is 4.56. The van der Waals surface area contributed by atoms with Crippen molar-refractivity contribution in [3.05, 3.63) is 53.6 Å². The first-order valence-corrected chi connectivity index (χ1v) is 8.84. The number of hydrogen-bond donors (Lipinski definition) is 0. The van der Waals surface area contributed by atoms with Crippen LogP contribution in [0, 0.1) is 19.8 Å². The van der Waals surface area contributed by atoms with Crippen molar-refractivity contribution >= 4 is 0 Å². The molecule has 1 aromatic heterocycles. The predicted octanol–water partition coefficient (Wildman–Crippen LogP) is 5.20. The molecule has 0 saturated heterocycles. The van der Waals surface area contributed by atoms with Crippen molar-refractivity contribution in [3.63, 3.8) is 0 Å². The number of aromatic nitrogens is 2. The lowest BCUT2D eigenvalue weighted by atomic mass is 9.86. The van der Waals surface area contributed by atoms with Gasteiger partial charge in [0.2, 0.25) is 5.82 Å². The maximum atomic E-state index is 5.96. The fraction of sp³-hybridized carbons (Fsp3) is 0.333. The largest absolute Gasteiger partial charge is 0.493 e. The first-order valence-electron chi connectivity index (χ1n) is 8.84. The minimum atomic E-state index is 0.552.